The SMILES string of the molecule is CC1C[NH+](Cc2ccccc2)Cc2c1[nH]c1c(F)c(Cl)cc(Br)c21. The van der Waals surface area contributed by atoms with Crippen molar-refractivity contribution in [1.29, 1.82) is 0 Å². The summed E-state index contributed by atoms with van der Waals surface area (Å²) in [5.41, 5.74) is 4.20. The van der Waals surface area contributed by atoms with Gasteiger partial charge in [0.05, 0.1) is 17.1 Å². The lowest BCUT2D eigenvalue weighted by molar-refractivity contribution is -0.931. The van der Waals surface area contributed by atoms with Crippen molar-refractivity contribution >= 4 is 38.4 Å². The Morgan fingerprint density at radius 2 is 2.08 bits per heavy atom. The van der Waals surface area contributed by atoms with Crippen LogP contribution in [-0.2, 0) is 13.1 Å². The first-order chi connectivity index (χ1) is 11.5. The maximum Gasteiger partial charge on any atom is 0.165 e. The van der Waals surface area contributed by atoms with Gasteiger partial charge in [-0.05, 0) is 6.07 Å². The summed E-state index contributed by atoms with van der Waals surface area (Å²) in [6.07, 6.45) is 0. The lowest BCUT2D eigenvalue weighted by Crippen LogP contribution is -3.10. The van der Waals surface area contributed by atoms with E-state index in [1.807, 2.05) is 6.07 Å². The molecule has 24 heavy (non-hydrogen) atoms. The van der Waals surface area contributed by atoms with Crippen LogP contribution in [0.1, 0.15) is 29.7 Å². The topological polar surface area (TPSA) is 20.2 Å². The van der Waals surface area contributed by atoms with Gasteiger partial charge in [-0.1, -0.05) is 64.8 Å². The average molecular weight is 409 g/mol. The van der Waals surface area contributed by atoms with E-state index in [1.54, 1.807) is 6.07 Å². The summed E-state index contributed by atoms with van der Waals surface area (Å²) < 4.78 is 15.3. The van der Waals surface area contributed by atoms with Gasteiger partial charge < -0.3 is 9.88 Å². The van der Waals surface area contributed by atoms with Crippen molar-refractivity contribution in [2.45, 2.75) is 25.9 Å². The number of hydrogen-bond donors (Lipinski definition) is 2. The third-order valence-electron chi connectivity index (χ3n) is 4.87. The van der Waals surface area contributed by atoms with Crippen LogP contribution in [0.3, 0.4) is 0 Å². The van der Waals surface area contributed by atoms with Crippen molar-refractivity contribution in [2.75, 3.05) is 6.54 Å². The molecule has 0 radical (unpaired) electrons. The Kier molecular flexibility index (Phi) is 4.15. The monoisotopic (exact) mass is 407 g/mol. The summed E-state index contributed by atoms with van der Waals surface area (Å²) in [6.45, 7) is 5.09. The minimum Gasteiger partial charge on any atom is -0.355 e. The predicted octanol–water partition coefficient (Wildman–Crippen LogP) is 4.43. The Balaban J connectivity index is 1.76. The van der Waals surface area contributed by atoms with Crippen LogP contribution in [0.2, 0.25) is 5.02 Å². The number of rotatable bonds is 2. The maximum absolute atomic E-state index is 14.4. The first kappa shape index (κ1) is 16.1. The molecule has 2 unspecified atom stereocenters. The van der Waals surface area contributed by atoms with E-state index in [2.05, 4.69) is 52.1 Å². The lowest BCUT2D eigenvalue weighted by Gasteiger charge is -2.28. The van der Waals surface area contributed by atoms with Gasteiger partial charge in [0.2, 0.25) is 0 Å². The summed E-state index contributed by atoms with van der Waals surface area (Å²) in [7, 11) is 0. The van der Waals surface area contributed by atoms with E-state index in [9.17, 15) is 4.39 Å². The van der Waals surface area contributed by atoms with Crippen LogP contribution in [-0.4, -0.2) is 11.5 Å². The van der Waals surface area contributed by atoms with Crippen LogP contribution in [0, 0.1) is 5.82 Å². The first-order valence-electron chi connectivity index (χ1n) is 8.10. The zero-order valence-electron chi connectivity index (χ0n) is 13.3. The molecule has 124 valence electrons. The summed E-state index contributed by atoms with van der Waals surface area (Å²) in [4.78, 5) is 4.79. The second-order valence-electron chi connectivity index (χ2n) is 6.62. The second kappa shape index (κ2) is 6.17. The van der Waals surface area contributed by atoms with Crippen molar-refractivity contribution in [2.24, 2.45) is 0 Å². The molecule has 1 aliphatic rings. The average Bonchev–Trinajstić information content (AvgIpc) is 2.94. The van der Waals surface area contributed by atoms with Gasteiger partial charge in [-0.3, -0.25) is 0 Å². The third-order valence-corrected chi connectivity index (χ3v) is 5.77. The molecule has 0 spiro atoms. The molecular formula is C19H18BrClFN2+. The van der Waals surface area contributed by atoms with E-state index in [0.717, 1.165) is 35.2 Å². The first-order valence-corrected chi connectivity index (χ1v) is 9.27. The summed E-state index contributed by atoms with van der Waals surface area (Å²) in [5, 5.41) is 1.08. The minimum atomic E-state index is -0.360. The fourth-order valence-electron chi connectivity index (χ4n) is 3.83. The Morgan fingerprint density at radius 1 is 1.33 bits per heavy atom. The zero-order chi connectivity index (χ0) is 16.8. The molecule has 5 heteroatoms. The summed E-state index contributed by atoms with van der Waals surface area (Å²) >= 11 is 9.57. The van der Waals surface area contributed by atoms with Gasteiger partial charge in [-0.15, -0.1) is 0 Å². The highest BCUT2D eigenvalue weighted by molar-refractivity contribution is 9.10. The van der Waals surface area contributed by atoms with Crippen LogP contribution in [0.25, 0.3) is 10.9 Å². The van der Waals surface area contributed by atoms with E-state index < -0.39 is 0 Å². The highest BCUT2D eigenvalue weighted by atomic mass is 79.9. The Bertz CT molecular complexity index is 907. The number of nitrogens with one attached hydrogen (secondary N) is 2. The molecule has 2 aromatic carbocycles. The smallest absolute Gasteiger partial charge is 0.165 e. The van der Waals surface area contributed by atoms with Crippen molar-refractivity contribution in [3.8, 4) is 0 Å². The van der Waals surface area contributed by atoms with Crippen LogP contribution < -0.4 is 4.90 Å². The van der Waals surface area contributed by atoms with Gasteiger partial charge in [0, 0.05) is 32.6 Å². The molecule has 2 heterocycles. The third kappa shape index (κ3) is 2.67. The molecule has 0 amide bonds. The van der Waals surface area contributed by atoms with Crippen LogP contribution in [0.15, 0.2) is 40.9 Å². The standard InChI is InChI=1S/C19H17BrClFN2/c1-11-8-24(9-12-5-3-2-4-6-12)10-13-16-14(20)7-15(21)17(22)19(16)23-18(11)13/h2-7,11,23H,8-10H2,1H3/p+1. The quantitative estimate of drug-likeness (QED) is 0.585. The maximum atomic E-state index is 14.4. The van der Waals surface area contributed by atoms with Gasteiger partial charge in [0.15, 0.2) is 5.82 Å². The zero-order valence-corrected chi connectivity index (χ0v) is 15.6. The normalized spacial score (nSPS) is 20.3. The van der Waals surface area contributed by atoms with Crippen LogP contribution >= 0.6 is 27.5 Å². The number of hydrogen-bond acceptors (Lipinski definition) is 0. The van der Waals surface area contributed by atoms with Gasteiger partial charge in [-0.25, -0.2) is 4.39 Å². The van der Waals surface area contributed by atoms with Crippen LogP contribution in [0.5, 0.6) is 0 Å². The van der Waals surface area contributed by atoms with Crippen molar-refractivity contribution in [3.63, 3.8) is 0 Å². The predicted molar refractivity (Wildman–Crippen MR) is 99.1 cm³/mol. The fraction of sp³-hybridized carbons (Fsp3) is 0.263. The molecule has 0 saturated carbocycles. The minimum absolute atomic E-state index is 0.147. The van der Waals surface area contributed by atoms with Gasteiger partial charge in [0.25, 0.3) is 0 Å². The van der Waals surface area contributed by atoms with E-state index in [1.165, 1.54) is 16.0 Å². The van der Waals surface area contributed by atoms with Crippen LogP contribution in [0.4, 0.5) is 4.39 Å². The molecule has 1 aromatic heterocycles. The summed E-state index contributed by atoms with van der Waals surface area (Å²) in [6, 6.07) is 12.2. The van der Waals surface area contributed by atoms with E-state index >= 15 is 0 Å². The molecule has 2 N–H and O–H groups in total. The molecular weight excluding hydrogens is 391 g/mol. The van der Waals surface area contributed by atoms with Crippen molar-refractivity contribution in [3.05, 3.63) is 68.5 Å². The Hall–Kier alpha value is -1.36. The van der Waals surface area contributed by atoms with Crippen molar-refractivity contribution < 1.29 is 9.29 Å². The number of halogens is 3. The van der Waals surface area contributed by atoms with E-state index in [0.29, 0.717) is 11.4 Å². The number of H-pyrrole nitrogens is 1. The Labute approximate surface area is 153 Å². The summed E-state index contributed by atoms with van der Waals surface area (Å²) in [5.74, 6) is -0.00832. The molecule has 3 aromatic rings. The van der Waals surface area contributed by atoms with Gasteiger partial charge in [0.1, 0.15) is 13.1 Å². The highest BCUT2D eigenvalue weighted by Crippen LogP contribution is 2.37. The second-order valence-corrected chi connectivity index (χ2v) is 7.88. The largest absolute Gasteiger partial charge is 0.355 e. The highest BCUT2D eigenvalue weighted by Gasteiger charge is 2.31. The number of benzene rings is 2. The number of fused-ring (bicyclic) bond motifs is 3. The molecule has 1 aliphatic heterocycles. The van der Waals surface area contributed by atoms with E-state index in [4.69, 9.17) is 11.6 Å². The number of aromatic amines is 1. The molecule has 2 nitrogen and oxygen atoms in total. The molecule has 0 saturated heterocycles. The fourth-order valence-corrected chi connectivity index (χ4v) is 4.84. The molecule has 0 fully saturated rings. The molecule has 2 atom stereocenters. The van der Waals surface area contributed by atoms with E-state index in [-0.39, 0.29) is 10.8 Å². The van der Waals surface area contributed by atoms with Gasteiger partial charge in [-0.2, -0.15) is 0 Å². The molecule has 0 aliphatic carbocycles. The number of quaternary nitrogens is 1. The van der Waals surface area contributed by atoms with Gasteiger partial charge >= 0.3 is 0 Å². The van der Waals surface area contributed by atoms with Crippen molar-refractivity contribution in [1.82, 2.24) is 4.98 Å². The number of aromatic nitrogens is 1. The molecule has 4 rings (SSSR count). The Morgan fingerprint density at radius 3 is 2.83 bits per heavy atom. The molecule has 0 bridgehead atoms. The lowest BCUT2D eigenvalue weighted by atomic mass is 9.96.